The standard InChI is InChI=1S/C50H59ClF2N9O4P/c1-6-31-25-41(57-49-54-29-36(51)47(59-49)56-40-11-10-39-34(8-7-30(2)55-39)46(40)67(4,5)65)43(66-3)28-42(31)62-23-17-50(18-24-62)15-21-61(22-16-50)32-13-19-60(20-14-32)33-26-37(52)45(38(53)27-33)35-9-12-44(63)58-48(35)64/h7-8,10-11,25-29,32,35H,6,9,12-24H2,1-5H3,(H,58,63,64)(H2,54,56,57,59)/t35-/m1/s1. The average Bonchev–Trinajstić information content (AvgIpc) is 3.30. The summed E-state index contributed by atoms with van der Waals surface area (Å²) in [7, 11) is -1.10. The number of pyridine rings is 1. The minimum atomic E-state index is -2.77. The number of anilines is 6. The number of aromatic nitrogens is 3. The monoisotopic (exact) mass is 953 g/mol. The molecule has 4 fully saturated rings. The van der Waals surface area contributed by atoms with E-state index in [0.717, 1.165) is 93.4 Å². The highest BCUT2D eigenvalue weighted by molar-refractivity contribution is 7.71. The van der Waals surface area contributed by atoms with Gasteiger partial charge in [0.05, 0.1) is 36.1 Å². The van der Waals surface area contributed by atoms with E-state index in [4.69, 9.17) is 21.3 Å². The summed E-state index contributed by atoms with van der Waals surface area (Å²) in [5.74, 6) is -2.15. The van der Waals surface area contributed by atoms with Gasteiger partial charge in [0.1, 0.15) is 29.5 Å². The molecule has 5 aromatic rings. The number of nitrogens with one attached hydrogen (secondary N) is 3. The number of carbonyl (C=O) groups is 2. The van der Waals surface area contributed by atoms with E-state index < -0.39 is 36.5 Å². The van der Waals surface area contributed by atoms with Crippen LogP contribution in [0.1, 0.15) is 81.0 Å². The molecule has 1 atom stereocenters. The first-order valence-electron chi connectivity index (χ1n) is 23.4. The molecule has 1 spiro atoms. The van der Waals surface area contributed by atoms with Crippen LogP contribution in [0.25, 0.3) is 10.9 Å². The molecule has 3 aromatic carbocycles. The molecular formula is C50H59ClF2N9O4P. The van der Waals surface area contributed by atoms with Gasteiger partial charge in [0.15, 0.2) is 5.82 Å². The van der Waals surface area contributed by atoms with Crippen molar-refractivity contribution in [2.45, 2.75) is 83.6 Å². The Kier molecular flexibility index (Phi) is 13.2. The molecule has 67 heavy (non-hydrogen) atoms. The number of nitrogens with zero attached hydrogens (tertiary/aromatic N) is 6. The van der Waals surface area contributed by atoms with E-state index in [9.17, 15) is 14.2 Å². The van der Waals surface area contributed by atoms with E-state index in [1.54, 1.807) is 26.6 Å². The number of hydrogen-bond donors (Lipinski definition) is 3. The molecule has 0 radical (unpaired) electrons. The van der Waals surface area contributed by atoms with E-state index in [-0.39, 0.29) is 18.4 Å². The van der Waals surface area contributed by atoms with Crippen molar-refractivity contribution in [3.63, 3.8) is 0 Å². The Morgan fingerprint density at radius 2 is 1.58 bits per heavy atom. The molecule has 6 heterocycles. The van der Waals surface area contributed by atoms with Crippen LogP contribution in [0.15, 0.2) is 54.7 Å². The van der Waals surface area contributed by atoms with E-state index in [1.165, 1.54) is 23.4 Å². The third-order valence-electron chi connectivity index (χ3n) is 14.6. The fourth-order valence-electron chi connectivity index (χ4n) is 10.8. The number of aryl methyl sites for hydroxylation is 2. The highest BCUT2D eigenvalue weighted by Crippen LogP contribution is 2.46. The lowest BCUT2D eigenvalue weighted by Gasteiger charge is -2.50. The predicted molar refractivity (Wildman–Crippen MR) is 263 cm³/mol. The number of likely N-dealkylation sites (tertiary alicyclic amines) is 1. The number of methoxy groups -OCH3 is 1. The number of benzene rings is 3. The zero-order chi connectivity index (χ0) is 47.2. The number of imide groups is 1. The van der Waals surface area contributed by atoms with Gasteiger partial charge in [-0.2, -0.15) is 4.98 Å². The summed E-state index contributed by atoms with van der Waals surface area (Å²) in [5, 5.41) is 10.8. The molecule has 0 unspecified atom stereocenters. The van der Waals surface area contributed by atoms with Gasteiger partial charge < -0.3 is 34.6 Å². The van der Waals surface area contributed by atoms with Crippen LogP contribution in [0, 0.1) is 24.0 Å². The first-order chi connectivity index (χ1) is 32.1. The zero-order valence-electron chi connectivity index (χ0n) is 38.9. The van der Waals surface area contributed by atoms with E-state index in [0.29, 0.717) is 63.8 Å². The molecule has 17 heteroatoms. The summed E-state index contributed by atoms with van der Waals surface area (Å²) in [6, 6.07) is 15.0. The van der Waals surface area contributed by atoms with E-state index in [2.05, 4.69) is 54.8 Å². The molecular weight excluding hydrogens is 895 g/mol. The molecule has 0 aliphatic carbocycles. The number of carbonyl (C=O) groups excluding carboxylic acids is 2. The second kappa shape index (κ2) is 19.0. The smallest absolute Gasteiger partial charge is 0.234 e. The molecule has 4 aliphatic heterocycles. The van der Waals surface area contributed by atoms with Crippen molar-refractivity contribution in [3.8, 4) is 5.75 Å². The molecule has 2 amide bonds. The first-order valence-corrected chi connectivity index (χ1v) is 26.4. The number of ether oxygens (including phenoxy) is 1. The second-order valence-electron chi connectivity index (χ2n) is 19.1. The third kappa shape index (κ3) is 9.69. The number of rotatable bonds is 11. The van der Waals surface area contributed by atoms with Crippen molar-refractivity contribution in [3.05, 3.63) is 88.2 Å². The minimum absolute atomic E-state index is 0.0639. The van der Waals surface area contributed by atoms with Crippen LogP contribution < -0.4 is 35.8 Å². The van der Waals surface area contributed by atoms with Gasteiger partial charge in [0, 0.05) is 78.0 Å². The highest BCUT2D eigenvalue weighted by Gasteiger charge is 2.40. The molecule has 0 saturated carbocycles. The fourth-order valence-corrected chi connectivity index (χ4v) is 12.4. The van der Waals surface area contributed by atoms with Crippen molar-refractivity contribution in [2.75, 3.05) is 80.1 Å². The molecule has 354 valence electrons. The lowest BCUT2D eigenvalue weighted by atomic mass is 9.70. The summed E-state index contributed by atoms with van der Waals surface area (Å²) in [4.78, 5) is 45.0. The Morgan fingerprint density at radius 3 is 2.24 bits per heavy atom. The molecule has 13 nitrogen and oxygen atoms in total. The number of amides is 2. The predicted octanol–water partition coefficient (Wildman–Crippen LogP) is 9.44. The fraction of sp³-hybridized carbons (Fsp3) is 0.460. The Balaban J connectivity index is 0.810. The lowest BCUT2D eigenvalue weighted by Crippen LogP contribution is -2.52. The normalized spacial score (nSPS) is 19.5. The summed E-state index contributed by atoms with van der Waals surface area (Å²) in [5.41, 5.74) is 5.95. The number of halogens is 3. The Labute approximate surface area is 395 Å². The number of piperidine rings is 4. The number of hydrogen-bond acceptors (Lipinski definition) is 12. The minimum Gasteiger partial charge on any atom is -0.494 e. The Bertz CT molecular complexity index is 2740. The SMILES string of the molecule is CCc1cc(Nc2ncc(Cl)c(Nc3ccc4nc(C)ccc4c3P(C)(C)=O)n2)c(OC)cc1N1CCC2(CC1)CCN(C1CCN(c3cc(F)c([C@H]4CCC(=O)NC4=O)c(F)c3)CC1)CC2. The van der Waals surface area contributed by atoms with Gasteiger partial charge in [-0.05, 0) is 132 Å². The van der Waals surface area contributed by atoms with Crippen LogP contribution >= 0.6 is 18.7 Å². The maximum absolute atomic E-state index is 15.3. The molecule has 9 rings (SSSR count). The van der Waals surface area contributed by atoms with Crippen LogP contribution in [0.2, 0.25) is 5.02 Å². The van der Waals surface area contributed by atoms with Crippen molar-refractivity contribution in [1.29, 1.82) is 0 Å². The highest BCUT2D eigenvalue weighted by atomic mass is 35.5. The number of fused-ring (bicyclic) bond motifs is 1. The van der Waals surface area contributed by atoms with Gasteiger partial charge in [-0.15, -0.1) is 0 Å². The maximum atomic E-state index is 15.3. The van der Waals surface area contributed by atoms with E-state index in [1.807, 2.05) is 36.1 Å². The van der Waals surface area contributed by atoms with Crippen molar-refractivity contribution in [2.24, 2.45) is 5.41 Å². The molecule has 3 N–H and O–H groups in total. The summed E-state index contributed by atoms with van der Waals surface area (Å²) < 4.78 is 50.3. The first kappa shape index (κ1) is 46.7. The quantitative estimate of drug-likeness (QED) is 0.0857. The van der Waals surface area contributed by atoms with Crippen molar-refractivity contribution in [1.82, 2.24) is 25.2 Å². The van der Waals surface area contributed by atoms with Crippen LogP contribution in [-0.2, 0) is 20.6 Å². The van der Waals surface area contributed by atoms with E-state index >= 15 is 8.78 Å². The second-order valence-corrected chi connectivity index (χ2v) is 22.6. The summed E-state index contributed by atoms with van der Waals surface area (Å²) in [6.45, 7) is 13.0. The van der Waals surface area contributed by atoms with Gasteiger partial charge in [-0.3, -0.25) is 19.9 Å². The molecule has 4 aliphatic rings. The Hall–Kier alpha value is -5.37. The van der Waals surface area contributed by atoms with Gasteiger partial charge in [-0.25, -0.2) is 13.8 Å². The van der Waals surface area contributed by atoms with Gasteiger partial charge >= 0.3 is 0 Å². The topological polar surface area (TPSA) is 145 Å². The Morgan fingerprint density at radius 1 is 0.881 bits per heavy atom. The largest absolute Gasteiger partial charge is 0.494 e. The van der Waals surface area contributed by atoms with Crippen molar-refractivity contribution >= 4 is 81.3 Å². The molecule has 4 saturated heterocycles. The lowest BCUT2D eigenvalue weighted by molar-refractivity contribution is -0.134. The van der Waals surface area contributed by atoms with Crippen molar-refractivity contribution < 1.29 is 27.7 Å². The summed E-state index contributed by atoms with van der Waals surface area (Å²) in [6.07, 6.45) is 8.90. The third-order valence-corrected chi connectivity index (χ3v) is 16.4. The van der Waals surface area contributed by atoms with Gasteiger partial charge in [0.25, 0.3) is 0 Å². The zero-order valence-corrected chi connectivity index (χ0v) is 40.5. The molecule has 2 aromatic heterocycles. The van der Waals surface area contributed by atoms with Gasteiger partial charge in [-0.1, -0.05) is 24.6 Å². The van der Waals surface area contributed by atoms with Crippen LogP contribution in [0.3, 0.4) is 0 Å². The maximum Gasteiger partial charge on any atom is 0.234 e. The van der Waals surface area contributed by atoms with Crippen LogP contribution in [0.5, 0.6) is 5.75 Å². The van der Waals surface area contributed by atoms with Gasteiger partial charge in [0.2, 0.25) is 17.8 Å². The molecule has 0 bridgehead atoms. The summed E-state index contributed by atoms with van der Waals surface area (Å²) >= 11 is 6.66. The van der Waals surface area contributed by atoms with Crippen LogP contribution in [-0.4, -0.2) is 97.4 Å². The average molecular weight is 955 g/mol. The van der Waals surface area contributed by atoms with Crippen LogP contribution in [0.4, 0.5) is 43.3 Å².